The normalized spacial score (nSPS) is 11.5. The Hall–Kier alpha value is -2.42. The van der Waals surface area contributed by atoms with Crippen molar-refractivity contribution in [3.8, 4) is 0 Å². The van der Waals surface area contributed by atoms with Crippen molar-refractivity contribution in [3.63, 3.8) is 0 Å². The van der Waals surface area contributed by atoms with E-state index in [1.54, 1.807) is 23.5 Å². The molecule has 1 heterocycles. The second kappa shape index (κ2) is 8.72. The van der Waals surface area contributed by atoms with Gasteiger partial charge in [0.2, 0.25) is 10.0 Å². The highest BCUT2D eigenvalue weighted by molar-refractivity contribution is 7.89. The molecule has 0 aliphatic rings. The number of ether oxygens (including phenoxy) is 1. The third-order valence-electron chi connectivity index (χ3n) is 4.27. The lowest BCUT2D eigenvalue weighted by molar-refractivity contribution is -0.142. The average Bonchev–Trinajstić information content (AvgIpc) is 3.19. The van der Waals surface area contributed by atoms with Gasteiger partial charge in [0.25, 0.3) is 0 Å². The Labute approximate surface area is 168 Å². The van der Waals surface area contributed by atoms with Gasteiger partial charge < -0.3 is 9.64 Å². The van der Waals surface area contributed by atoms with E-state index in [2.05, 4.69) is 4.72 Å². The van der Waals surface area contributed by atoms with Crippen LogP contribution in [0.1, 0.15) is 5.56 Å². The number of fused-ring (bicyclic) bond motifs is 1. The molecule has 0 unspecified atom stereocenters. The molecule has 6 nitrogen and oxygen atoms in total. The SMILES string of the molecule is CN(C)c1cccc2c(S(=O)(=O)NCC(=O)OCCc3ccsc3)cccc12. The molecule has 0 saturated heterocycles. The second-order valence-electron chi connectivity index (χ2n) is 6.45. The highest BCUT2D eigenvalue weighted by Gasteiger charge is 2.19. The highest BCUT2D eigenvalue weighted by Crippen LogP contribution is 2.30. The van der Waals surface area contributed by atoms with Gasteiger partial charge in [-0.15, -0.1) is 0 Å². The summed E-state index contributed by atoms with van der Waals surface area (Å²) in [5.41, 5.74) is 2.01. The van der Waals surface area contributed by atoms with Crippen LogP contribution < -0.4 is 9.62 Å². The predicted octanol–water partition coefficient (Wildman–Crippen LogP) is 3.03. The summed E-state index contributed by atoms with van der Waals surface area (Å²) in [6.45, 7) is -0.187. The average molecular weight is 419 g/mol. The van der Waals surface area contributed by atoms with Crippen molar-refractivity contribution in [2.45, 2.75) is 11.3 Å². The molecule has 0 aliphatic carbocycles. The quantitative estimate of drug-likeness (QED) is 0.569. The van der Waals surface area contributed by atoms with Crippen molar-refractivity contribution in [1.29, 1.82) is 0 Å². The van der Waals surface area contributed by atoms with Gasteiger partial charge >= 0.3 is 5.97 Å². The summed E-state index contributed by atoms with van der Waals surface area (Å²) >= 11 is 1.58. The summed E-state index contributed by atoms with van der Waals surface area (Å²) in [6.07, 6.45) is 0.610. The Kier molecular flexibility index (Phi) is 6.33. The zero-order chi connectivity index (χ0) is 20.1. The van der Waals surface area contributed by atoms with Gasteiger partial charge in [-0.05, 0) is 34.5 Å². The van der Waals surface area contributed by atoms with Crippen molar-refractivity contribution < 1.29 is 17.9 Å². The number of benzene rings is 2. The topological polar surface area (TPSA) is 75.7 Å². The molecule has 3 rings (SSSR count). The summed E-state index contributed by atoms with van der Waals surface area (Å²) in [5.74, 6) is -0.604. The summed E-state index contributed by atoms with van der Waals surface area (Å²) in [7, 11) is -0.0542. The monoisotopic (exact) mass is 418 g/mol. The van der Waals surface area contributed by atoms with Crippen LogP contribution in [0, 0.1) is 0 Å². The van der Waals surface area contributed by atoms with Crippen LogP contribution in [0.15, 0.2) is 58.1 Å². The minimum Gasteiger partial charge on any atom is -0.464 e. The van der Waals surface area contributed by atoms with E-state index in [-0.39, 0.29) is 11.5 Å². The molecule has 0 aliphatic heterocycles. The van der Waals surface area contributed by atoms with Gasteiger partial charge in [0.1, 0.15) is 6.54 Å². The molecule has 1 N–H and O–H groups in total. The number of carbonyl (C=O) groups is 1. The van der Waals surface area contributed by atoms with E-state index in [4.69, 9.17) is 4.74 Å². The fraction of sp³-hybridized carbons (Fsp3) is 0.250. The first-order valence-corrected chi connectivity index (χ1v) is 11.2. The molecule has 28 heavy (non-hydrogen) atoms. The Morgan fingerprint density at radius 1 is 1.11 bits per heavy atom. The van der Waals surface area contributed by atoms with E-state index in [0.717, 1.165) is 16.6 Å². The number of anilines is 1. The number of esters is 1. The third-order valence-corrected chi connectivity index (χ3v) is 6.46. The fourth-order valence-electron chi connectivity index (χ4n) is 2.89. The van der Waals surface area contributed by atoms with Crippen LogP contribution in [0.3, 0.4) is 0 Å². The van der Waals surface area contributed by atoms with Crippen LogP contribution in [0.5, 0.6) is 0 Å². The number of hydrogen-bond acceptors (Lipinski definition) is 6. The number of carbonyl (C=O) groups excluding carboxylic acids is 1. The van der Waals surface area contributed by atoms with Gasteiger partial charge in [0.05, 0.1) is 11.5 Å². The number of rotatable bonds is 8. The third kappa shape index (κ3) is 4.70. The second-order valence-corrected chi connectivity index (χ2v) is 8.96. The van der Waals surface area contributed by atoms with Crippen molar-refractivity contribution in [1.82, 2.24) is 4.72 Å². The minimum absolute atomic E-state index is 0.139. The summed E-state index contributed by atoms with van der Waals surface area (Å²) in [5, 5.41) is 5.37. The minimum atomic E-state index is -3.86. The maximum Gasteiger partial charge on any atom is 0.321 e. The Morgan fingerprint density at radius 3 is 2.57 bits per heavy atom. The van der Waals surface area contributed by atoms with Crippen LogP contribution in [0.25, 0.3) is 10.8 Å². The Bertz CT molecular complexity index is 1060. The summed E-state index contributed by atoms with van der Waals surface area (Å²) in [4.78, 5) is 14.0. The largest absolute Gasteiger partial charge is 0.464 e. The first kappa shape index (κ1) is 20.3. The number of hydrogen-bond donors (Lipinski definition) is 1. The van der Waals surface area contributed by atoms with E-state index in [0.29, 0.717) is 11.8 Å². The zero-order valence-electron chi connectivity index (χ0n) is 15.7. The molecule has 0 radical (unpaired) electrons. The molecule has 3 aromatic rings. The number of thiophene rings is 1. The first-order chi connectivity index (χ1) is 13.4. The van der Waals surface area contributed by atoms with Crippen LogP contribution >= 0.6 is 11.3 Å². The van der Waals surface area contributed by atoms with Crippen LogP contribution in [-0.2, 0) is 26.0 Å². The summed E-state index contributed by atoms with van der Waals surface area (Å²) in [6, 6.07) is 12.6. The maximum atomic E-state index is 12.8. The molecule has 2 aromatic carbocycles. The van der Waals surface area contributed by atoms with Gasteiger partial charge in [-0.3, -0.25) is 4.79 Å². The fourth-order valence-corrected chi connectivity index (χ4v) is 4.78. The standard InChI is InChI=1S/C20H22N2O4S2/c1-22(2)18-7-3-6-17-16(18)5-4-8-19(17)28(24,25)21-13-20(23)26-11-9-15-10-12-27-14-15/h3-8,10,12,14,21H,9,11,13H2,1-2H3. The Balaban J connectivity index is 1.69. The lowest BCUT2D eigenvalue weighted by Crippen LogP contribution is -2.31. The number of nitrogens with zero attached hydrogens (tertiary/aromatic N) is 1. The number of sulfonamides is 1. The first-order valence-electron chi connectivity index (χ1n) is 8.74. The van der Waals surface area contributed by atoms with Gasteiger partial charge in [0.15, 0.2) is 0 Å². The lowest BCUT2D eigenvalue weighted by Gasteiger charge is -2.17. The molecule has 148 valence electrons. The zero-order valence-corrected chi connectivity index (χ0v) is 17.3. The van der Waals surface area contributed by atoms with Crippen molar-refractivity contribution in [2.75, 3.05) is 32.1 Å². The van der Waals surface area contributed by atoms with Crippen molar-refractivity contribution in [3.05, 3.63) is 58.8 Å². The van der Waals surface area contributed by atoms with Crippen LogP contribution in [0.4, 0.5) is 5.69 Å². The van der Waals surface area contributed by atoms with Crippen molar-refractivity contribution in [2.24, 2.45) is 0 Å². The number of nitrogens with one attached hydrogen (secondary N) is 1. The molecule has 0 atom stereocenters. The van der Waals surface area contributed by atoms with E-state index < -0.39 is 22.5 Å². The van der Waals surface area contributed by atoms with E-state index in [1.807, 2.05) is 54.0 Å². The van der Waals surface area contributed by atoms with E-state index in [9.17, 15) is 13.2 Å². The van der Waals surface area contributed by atoms with Gasteiger partial charge in [-0.2, -0.15) is 16.1 Å². The van der Waals surface area contributed by atoms with Crippen LogP contribution in [-0.4, -0.2) is 41.6 Å². The van der Waals surface area contributed by atoms with Gasteiger partial charge in [-0.25, -0.2) is 8.42 Å². The Morgan fingerprint density at radius 2 is 1.86 bits per heavy atom. The van der Waals surface area contributed by atoms with Crippen molar-refractivity contribution >= 4 is 43.8 Å². The smallest absolute Gasteiger partial charge is 0.321 e. The molecule has 0 fully saturated rings. The lowest BCUT2D eigenvalue weighted by atomic mass is 10.1. The van der Waals surface area contributed by atoms with Gasteiger partial charge in [0, 0.05) is 37.0 Å². The molecule has 8 heteroatoms. The van der Waals surface area contributed by atoms with Crippen LogP contribution in [0.2, 0.25) is 0 Å². The van der Waals surface area contributed by atoms with E-state index >= 15 is 0 Å². The molecule has 0 amide bonds. The highest BCUT2D eigenvalue weighted by atomic mass is 32.2. The van der Waals surface area contributed by atoms with Gasteiger partial charge in [-0.1, -0.05) is 24.3 Å². The summed E-state index contributed by atoms with van der Waals surface area (Å²) < 4.78 is 33.0. The molecule has 0 saturated carbocycles. The molecule has 1 aromatic heterocycles. The molecular formula is C20H22N2O4S2. The predicted molar refractivity (Wildman–Crippen MR) is 112 cm³/mol. The van der Waals surface area contributed by atoms with E-state index in [1.165, 1.54) is 6.07 Å². The molecular weight excluding hydrogens is 396 g/mol. The maximum absolute atomic E-state index is 12.8. The molecule has 0 spiro atoms. The molecule has 0 bridgehead atoms.